The van der Waals surface area contributed by atoms with Crippen molar-refractivity contribution >= 4 is 22.5 Å². The van der Waals surface area contributed by atoms with Crippen LogP contribution in [0.25, 0.3) is 10.9 Å². The molecular formula is C18H19N3O4. The first-order valence-electron chi connectivity index (χ1n) is 7.61. The van der Waals surface area contributed by atoms with E-state index in [2.05, 4.69) is 10.4 Å². The molecule has 0 fully saturated rings. The molecule has 0 unspecified atom stereocenters. The van der Waals surface area contributed by atoms with E-state index in [-0.39, 0.29) is 5.91 Å². The molecule has 0 aliphatic rings. The van der Waals surface area contributed by atoms with Crippen molar-refractivity contribution in [2.75, 3.05) is 26.6 Å². The van der Waals surface area contributed by atoms with Gasteiger partial charge in [0.15, 0.2) is 0 Å². The minimum Gasteiger partial charge on any atom is -0.497 e. The highest BCUT2D eigenvalue weighted by Gasteiger charge is 2.14. The van der Waals surface area contributed by atoms with Crippen LogP contribution >= 0.6 is 0 Å². The maximum Gasteiger partial charge on any atom is 0.255 e. The molecule has 1 aromatic heterocycles. The fourth-order valence-electron chi connectivity index (χ4n) is 2.66. The van der Waals surface area contributed by atoms with Gasteiger partial charge < -0.3 is 19.5 Å². The molecule has 130 valence electrons. The number of hydrogen-bond donors (Lipinski definition) is 1. The van der Waals surface area contributed by atoms with Crippen LogP contribution in [0.15, 0.2) is 36.4 Å². The Morgan fingerprint density at radius 3 is 2.52 bits per heavy atom. The van der Waals surface area contributed by atoms with Gasteiger partial charge in [-0.1, -0.05) is 0 Å². The first-order valence-corrected chi connectivity index (χ1v) is 7.61. The number of carbonyl (C=O) groups excluding carboxylic acids is 1. The lowest BCUT2D eigenvalue weighted by molar-refractivity contribution is 0.102. The van der Waals surface area contributed by atoms with Crippen molar-refractivity contribution in [1.82, 2.24) is 9.78 Å². The van der Waals surface area contributed by atoms with Crippen molar-refractivity contribution in [2.45, 2.75) is 0 Å². The lowest BCUT2D eigenvalue weighted by atomic mass is 10.1. The minimum absolute atomic E-state index is 0.255. The van der Waals surface area contributed by atoms with E-state index in [1.807, 2.05) is 6.07 Å². The fraction of sp³-hybridized carbons (Fsp3) is 0.222. The van der Waals surface area contributed by atoms with E-state index >= 15 is 0 Å². The van der Waals surface area contributed by atoms with Crippen LogP contribution in [0, 0.1) is 0 Å². The van der Waals surface area contributed by atoms with Crippen LogP contribution in [0.1, 0.15) is 10.4 Å². The number of anilines is 1. The van der Waals surface area contributed by atoms with E-state index in [9.17, 15) is 4.79 Å². The van der Waals surface area contributed by atoms with Crippen LogP contribution in [0.2, 0.25) is 0 Å². The van der Waals surface area contributed by atoms with Crippen LogP contribution in [-0.2, 0) is 7.05 Å². The lowest BCUT2D eigenvalue weighted by Gasteiger charge is -2.11. The maximum absolute atomic E-state index is 12.6. The van der Waals surface area contributed by atoms with Gasteiger partial charge in [-0.3, -0.25) is 4.79 Å². The topological polar surface area (TPSA) is 74.6 Å². The van der Waals surface area contributed by atoms with Crippen molar-refractivity contribution < 1.29 is 19.0 Å². The van der Waals surface area contributed by atoms with Gasteiger partial charge in [-0.05, 0) is 30.3 Å². The summed E-state index contributed by atoms with van der Waals surface area (Å²) in [5.41, 5.74) is 1.74. The third-order valence-corrected chi connectivity index (χ3v) is 3.89. The van der Waals surface area contributed by atoms with Crippen molar-refractivity contribution in [1.29, 1.82) is 0 Å². The monoisotopic (exact) mass is 341 g/mol. The van der Waals surface area contributed by atoms with E-state index in [0.29, 0.717) is 34.1 Å². The van der Waals surface area contributed by atoms with Gasteiger partial charge in [0.2, 0.25) is 5.88 Å². The number of hydrogen-bond acceptors (Lipinski definition) is 5. The summed E-state index contributed by atoms with van der Waals surface area (Å²) >= 11 is 0. The SMILES string of the molecule is COc1ccc(NC(=O)c2ccc3c(OC)n(C)nc3c2)c(OC)c1. The number of fused-ring (bicyclic) bond motifs is 1. The van der Waals surface area contributed by atoms with Gasteiger partial charge in [0, 0.05) is 18.7 Å². The predicted octanol–water partition coefficient (Wildman–Crippen LogP) is 2.85. The Morgan fingerprint density at radius 2 is 1.84 bits per heavy atom. The zero-order chi connectivity index (χ0) is 18.0. The van der Waals surface area contributed by atoms with E-state index in [4.69, 9.17) is 14.2 Å². The molecule has 0 atom stereocenters. The number of nitrogens with zero attached hydrogens (tertiary/aromatic N) is 2. The normalized spacial score (nSPS) is 10.6. The first kappa shape index (κ1) is 16.6. The Labute approximate surface area is 145 Å². The maximum atomic E-state index is 12.6. The van der Waals surface area contributed by atoms with E-state index in [1.165, 1.54) is 7.11 Å². The summed E-state index contributed by atoms with van der Waals surface area (Å²) in [6.07, 6.45) is 0. The van der Waals surface area contributed by atoms with Crippen LogP contribution < -0.4 is 19.5 Å². The summed E-state index contributed by atoms with van der Waals surface area (Å²) in [6.45, 7) is 0. The van der Waals surface area contributed by atoms with Crippen LogP contribution in [0.4, 0.5) is 5.69 Å². The van der Waals surface area contributed by atoms with E-state index in [0.717, 1.165) is 5.39 Å². The third kappa shape index (κ3) is 3.08. The lowest BCUT2D eigenvalue weighted by Crippen LogP contribution is -2.12. The molecule has 0 saturated heterocycles. The van der Waals surface area contributed by atoms with Gasteiger partial charge in [-0.25, -0.2) is 4.68 Å². The van der Waals surface area contributed by atoms with Gasteiger partial charge in [0.05, 0.1) is 37.9 Å². The molecule has 3 rings (SSSR count). The molecule has 1 N–H and O–H groups in total. The number of aryl methyl sites for hydroxylation is 1. The van der Waals surface area contributed by atoms with Gasteiger partial charge in [0.25, 0.3) is 5.91 Å². The number of aromatic nitrogens is 2. The van der Waals surface area contributed by atoms with Crippen molar-refractivity contribution in [3.05, 3.63) is 42.0 Å². The second kappa shape index (κ2) is 6.72. The molecule has 1 amide bonds. The second-order valence-electron chi connectivity index (χ2n) is 5.39. The highest BCUT2D eigenvalue weighted by molar-refractivity contribution is 6.07. The fourth-order valence-corrected chi connectivity index (χ4v) is 2.66. The summed E-state index contributed by atoms with van der Waals surface area (Å²) in [6, 6.07) is 10.5. The Kier molecular flexibility index (Phi) is 4.47. The molecule has 0 aliphatic heterocycles. The summed E-state index contributed by atoms with van der Waals surface area (Å²) in [5.74, 6) is 1.57. The molecule has 0 spiro atoms. The Bertz CT molecular complexity index is 933. The zero-order valence-electron chi connectivity index (χ0n) is 14.5. The van der Waals surface area contributed by atoms with Crippen LogP contribution in [0.5, 0.6) is 17.4 Å². The molecule has 1 heterocycles. The zero-order valence-corrected chi connectivity index (χ0v) is 14.5. The van der Waals surface area contributed by atoms with Crippen LogP contribution in [-0.4, -0.2) is 37.0 Å². The molecule has 7 heteroatoms. The number of amides is 1. The second-order valence-corrected chi connectivity index (χ2v) is 5.39. The predicted molar refractivity (Wildman–Crippen MR) is 94.8 cm³/mol. The standard InChI is InChI=1S/C18H19N3O4/c1-21-18(25-4)13-7-5-11(9-15(13)20-21)17(22)19-14-8-6-12(23-2)10-16(14)24-3/h5-10H,1-4H3,(H,19,22). The van der Waals surface area contributed by atoms with Crippen LogP contribution in [0.3, 0.4) is 0 Å². The third-order valence-electron chi connectivity index (χ3n) is 3.89. The minimum atomic E-state index is -0.255. The first-order chi connectivity index (χ1) is 12.1. The smallest absolute Gasteiger partial charge is 0.255 e. The number of methoxy groups -OCH3 is 3. The average molecular weight is 341 g/mol. The summed E-state index contributed by atoms with van der Waals surface area (Å²) in [4.78, 5) is 12.6. The Hall–Kier alpha value is -3.22. The summed E-state index contributed by atoms with van der Waals surface area (Å²) in [7, 11) is 6.49. The van der Waals surface area contributed by atoms with Gasteiger partial charge in [-0.2, -0.15) is 5.10 Å². The number of ether oxygens (including phenoxy) is 3. The van der Waals surface area contributed by atoms with E-state index in [1.54, 1.807) is 56.3 Å². The van der Waals surface area contributed by atoms with Crippen molar-refractivity contribution in [2.24, 2.45) is 7.05 Å². The number of benzene rings is 2. The Morgan fingerprint density at radius 1 is 1.04 bits per heavy atom. The van der Waals surface area contributed by atoms with Crippen molar-refractivity contribution in [3.8, 4) is 17.4 Å². The molecule has 2 aromatic carbocycles. The average Bonchev–Trinajstić information content (AvgIpc) is 2.95. The van der Waals surface area contributed by atoms with Gasteiger partial charge in [0.1, 0.15) is 11.5 Å². The Balaban J connectivity index is 1.90. The quantitative estimate of drug-likeness (QED) is 0.772. The van der Waals surface area contributed by atoms with Crippen molar-refractivity contribution in [3.63, 3.8) is 0 Å². The molecule has 0 aliphatic carbocycles. The summed E-state index contributed by atoms with van der Waals surface area (Å²) in [5, 5.41) is 8.06. The molecule has 0 saturated carbocycles. The number of rotatable bonds is 5. The number of nitrogens with one attached hydrogen (secondary N) is 1. The van der Waals surface area contributed by atoms with Gasteiger partial charge in [-0.15, -0.1) is 0 Å². The number of carbonyl (C=O) groups is 1. The highest BCUT2D eigenvalue weighted by Crippen LogP contribution is 2.30. The molecule has 7 nitrogen and oxygen atoms in total. The molecular weight excluding hydrogens is 322 g/mol. The molecule has 25 heavy (non-hydrogen) atoms. The summed E-state index contributed by atoms with van der Waals surface area (Å²) < 4.78 is 17.4. The molecule has 3 aromatic rings. The van der Waals surface area contributed by atoms with Gasteiger partial charge >= 0.3 is 0 Å². The highest BCUT2D eigenvalue weighted by atomic mass is 16.5. The largest absolute Gasteiger partial charge is 0.497 e. The van der Waals surface area contributed by atoms with E-state index < -0.39 is 0 Å². The molecule has 0 radical (unpaired) electrons. The molecule has 0 bridgehead atoms.